The maximum Gasteiger partial charge on any atom is 0.472 e. The van der Waals surface area contributed by atoms with Crippen LogP contribution in [0.4, 0.5) is 17.7 Å². The van der Waals surface area contributed by atoms with Gasteiger partial charge in [-0.05, 0) is 6.42 Å². The Kier molecular flexibility index (Phi) is 16.5. The minimum Gasteiger partial charge on any atom is -0.396 e. The molecule has 6 aromatic heterocycles. The molecule has 8 unspecified atom stereocenters. The first-order valence-electron chi connectivity index (χ1n) is 21.5. The van der Waals surface area contributed by atoms with Gasteiger partial charge in [-0.2, -0.15) is 9.97 Å². The zero-order valence-electron chi connectivity index (χ0n) is 38.2. The second-order valence-electron chi connectivity index (χ2n) is 16.0. The van der Waals surface area contributed by atoms with E-state index in [4.69, 9.17) is 68.4 Å². The zero-order valence-corrected chi connectivity index (χ0v) is 40.9. The van der Waals surface area contributed by atoms with Crippen LogP contribution in [0.15, 0.2) is 34.8 Å². The number of imidazole rings is 2. The SMILES string of the molecule is COC1C(OP(=O)(O)OCC(COP(=O)(O)OC[C@H]2O[C@@H](n3cnc4c(=O)[nH]c(N)nc43)C(OC)C2OP(=O)(O)OCCCO)NCc2c[nH]c3c(N)ncnc23)[C@@H](CO)O[C@H]1n1cnc2c(=O)[nH]c(N)nc21. The van der Waals surface area contributed by atoms with Crippen molar-refractivity contribution in [3.05, 3.63) is 51.4 Å². The van der Waals surface area contributed by atoms with Crippen molar-refractivity contribution >= 4 is 74.5 Å². The quantitative estimate of drug-likeness (QED) is 0.0213. The van der Waals surface area contributed by atoms with Crippen molar-refractivity contribution in [1.82, 2.24) is 59.3 Å². The number of rotatable bonds is 25. The van der Waals surface area contributed by atoms with Gasteiger partial charge in [-0.3, -0.25) is 55.8 Å². The van der Waals surface area contributed by atoms with Crippen LogP contribution in [0.3, 0.4) is 0 Å². The monoisotopic (exact) mass is 1090 g/mol. The molecular formula is C35H50N15O20P3. The van der Waals surface area contributed by atoms with Crippen molar-refractivity contribution in [1.29, 1.82) is 0 Å². The number of methoxy groups -OCH3 is 2. The van der Waals surface area contributed by atoms with Crippen molar-refractivity contribution in [2.75, 3.05) is 71.1 Å². The van der Waals surface area contributed by atoms with E-state index in [9.17, 15) is 43.1 Å². The van der Waals surface area contributed by atoms with Gasteiger partial charge in [-0.15, -0.1) is 0 Å². The molecule has 0 spiro atoms. The Balaban J connectivity index is 0.986. The number of aromatic nitrogens is 11. The largest absolute Gasteiger partial charge is 0.472 e. The minimum atomic E-state index is -5.22. The summed E-state index contributed by atoms with van der Waals surface area (Å²) in [6, 6.07) is -1.27. The Labute approximate surface area is 408 Å². The summed E-state index contributed by atoms with van der Waals surface area (Å²) in [6.07, 6.45) is -6.20. The number of aliphatic hydroxyl groups is 2. The van der Waals surface area contributed by atoms with Crippen molar-refractivity contribution in [2.45, 2.75) is 68.1 Å². The molecule has 2 saturated heterocycles. The van der Waals surface area contributed by atoms with E-state index in [1.807, 2.05) is 0 Å². The highest BCUT2D eigenvalue weighted by atomic mass is 31.2. The van der Waals surface area contributed by atoms with Crippen LogP contribution in [-0.4, -0.2) is 175 Å². The maximum absolute atomic E-state index is 13.7. The Bertz CT molecular complexity index is 3170. The first-order chi connectivity index (χ1) is 34.8. The average Bonchev–Trinajstić information content (AvgIpc) is 4.17. The summed E-state index contributed by atoms with van der Waals surface area (Å²) in [5, 5.41) is 22.4. The minimum absolute atomic E-state index is 0.0359. The molecule has 2 fully saturated rings. The van der Waals surface area contributed by atoms with Crippen LogP contribution in [0.2, 0.25) is 0 Å². The second kappa shape index (κ2) is 22.3. The number of nitrogens with two attached hydrogens (primary N) is 3. The molecule has 0 bridgehead atoms. The van der Waals surface area contributed by atoms with Gasteiger partial charge in [0.1, 0.15) is 48.5 Å². The Morgan fingerprint density at radius 1 is 0.740 bits per heavy atom. The van der Waals surface area contributed by atoms with Crippen LogP contribution < -0.4 is 33.6 Å². The van der Waals surface area contributed by atoms with E-state index >= 15 is 0 Å². The molecule has 15 N–H and O–H groups in total. The van der Waals surface area contributed by atoms with Gasteiger partial charge in [-0.25, -0.2) is 33.6 Å². The molecule has 0 amide bonds. The van der Waals surface area contributed by atoms with Gasteiger partial charge in [0.15, 0.2) is 40.6 Å². The Hall–Kier alpha value is -5.23. The van der Waals surface area contributed by atoms with Crippen LogP contribution in [0.25, 0.3) is 33.4 Å². The lowest BCUT2D eigenvalue weighted by Crippen LogP contribution is -2.39. The maximum atomic E-state index is 13.7. The van der Waals surface area contributed by atoms with Gasteiger partial charge >= 0.3 is 23.5 Å². The third-order valence-corrected chi connectivity index (χ3v) is 14.2. The average molecular weight is 1090 g/mol. The van der Waals surface area contributed by atoms with Crippen molar-refractivity contribution in [2.24, 2.45) is 0 Å². The predicted octanol–water partition coefficient (Wildman–Crippen LogP) is -2.23. The van der Waals surface area contributed by atoms with Gasteiger partial charge in [0, 0.05) is 39.1 Å². The van der Waals surface area contributed by atoms with E-state index in [1.54, 1.807) is 6.20 Å². The standard InChI is InChI=1S/C35H50N15O20P3/c1-61-25-23(17(8-52)67-32(25)49-13-43-21-28(49)45-34(37)47-30(21)53)69-73(59,60)65-10-16(39-6-15-7-40-20-19(15)41-12-42-27(20)36)9-64-71(55,56)66-11-18-24(70-72(57,58)63-5-3-4-51)26(62-2)33(68-18)50-14-44-22-29(50)46-35(38)48-31(22)54/h7,12-14,16-18,23-26,32-33,39-40,51-52H,3-6,8-11H2,1-2H3,(H,55,56)(H,57,58)(H,59,60)(H2,36,41,42)(H3,37,45,47,53)(H3,38,46,48,54)/t16?,17-,18-,23?,24?,25?,26?,32-,33-/m1/s1. The molecule has 35 nitrogen and oxygen atoms in total. The number of ether oxygens (including phenoxy) is 4. The molecule has 2 aliphatic rings. The lowest BCUT2D eigenvalue weighted by Gasteiger charge is -2.26. The number of aromatic amines is 3. The van der Waals surface area contributed by atoms with Crippen molar-refractivity contribution < 1.29 is 84.7 Å². The molecule has 0 radical (unpaired) electrons. The van der Waals surface area contributed by atoms with Crippen LogP contribution in [0.5, 0.6) is 0 Å². The van der Waals surface area contributed by atoms with E-state index in [2.05, 4.69) is 50.2 Å². The van der Waals surface area contributed by atoms with Crippen molar-refractivity contribution in [3.8, 4) is 0 Å². The van der Waals surface area contributed by atoms with Gasteiger partial charge in [0.25, 0.3) is 11.1 Å². The molecule has 8 rings (SSSR count). The second-order valence-corrected chi connectivity index (χ2v) is 20.2. The number of nitrogen functional groups attached to an aromatic ring is 3. The number of nitrogens with zero attached hydrogens (tertiary/aromatic N) is 8. The molecule has 6 aromatic rings. The highest BCUT2D eigenvalue weighted by Gasteiger charge is 2.52. The van der Waals surface area contributed by atoms with E-state index < -0.39 is 123 Å². The number of fused-ring (bicyclic) bond motifs is 3. The van der Waals surface area contributed by atoms with Crippen molar-refractivity contribution in [3.63, 3.8) is 0 Å². The fourth-order valence-corrected chi connectivity index (χ4v) is 10.7. The van der Waals surface area contributed by atoms with E-state index in [1.165, 1.54) is 36.0 Å². The molecule has 2 aliphatic heterocycles. The number of aliphatic hydroxyl groups excluding tert-OH is 2. The summed E-state index contributed by atoms with van der Waals surface area (Å²) < 4.78 is 98.2. The van der Waals surface area contributed by atoms with Crippen LogP contribution in [0.1, 0.15) is 24.4 Å². The first-order valence-corrected chi connectivity index (χ1v) is 26.0. The van der Waals surface area contributed by atoms with Gasteiger partial charge in [-0.1, -0.05) is 0 Å². The molecule has 73 heavy (non-hydrogen) atoms. The number of phosphoric acid groups is 3. The third-order valence-electron chi connectivity index (χ3n) is 11.2. The smallest absolute Gasteiger partial charge is 0.396 e. The van der Waals surface area contributed by atoms with Crippen LogP contribution in [0, 0.1) is 0 Å². The first kappa shape index (κ1) is 54.0. The fraction of sp³-hybridized carbons (Fsp3) is 0.543. The summed E-state index contributed by atoms with van der Waals surface area (Å²) >= 11 is 0. The summed E-state index contributed by atoms with van der Waals surface area (Å²) in [6.45, 7) is -4.15. The molecule has 400 valence electrons. The molecule has 0 aromatic carbocycles. The van der Waals surface area contributed by atoms with E-state index in [-0.39, 0.29) is 59.6 Å². The number of hydrogen-bond donors (Lipinski definition) is 12. The Morgan fingerprint density at radius 2 is 1.29 bits per heavy atom. The number of anilines is 3. The van der Waals surface area contributed by atoms with Crippen LogP contribution >= 0.6 is 23.5 Å². The summed E-state index contributed by atoms with van der Waals surface area (Å²) in [5.41, 5.74) is 17.0. The number of hydrogen-bond acceptors (Lipinski definition) is 27. The van der Waals surface area contributed by atoms with Gasteiger partial charge in [0.2, 0.25) is 11.9 Å². The molecule has 12 atom stereocenters. The van der Waals surface area contributed by atoms with Crippen LogP contribution in [-0.2, 0) is 66.3 Å². The molecule has 0 aliphatic carbocycles. The topological polar surface area (TPSA) is 503 Å². The zero-order chi connectivity index (χ0) is 52.4. The van der Waals surface area contributed by atoms with Gasteiger partial charge in [0.05, 0.1) is 57.2 Å². The normalized spacial score (nSPS) is 25.4. The van der Waals surface area contributed by atoms with E-state index in [0.717, 1.165) is 6.33 Å². The summed E-state index contributed by atoms with van der Waals surface area (Å²) in [5.74, 6) is -0.408. The predicted molar refractivity (Wildman–Crippen MR) is 245 cm³/mol. The van der Waals surface area contributed by atoms with E-state index in [0.29, 0.717) is 16.6 Å². The third kappa shape index (κ3) is 12.0. The summed E-state index contributed by atoms with van der Waals surface area (Å²) in [4.78, 5) is 89.9. The molecule has 38 heteroatoms. The lowest BCUT2D eigenvalue weighted by molar-refractivity contribution is -0.0586. The number of H-pyrrole nitrogens is 3. The highest BCUT2D eigenvalue weighted by Crippen LogP contribution is 2.52. The molecule has 0 saturated carbocycles. The highest BCUT2D eigenvalue weighted by molar-refractivity contribution is 7.48. The van der Waals surface area contributed by atoms with Gasteiger partial charge < -0.3 is 71.3 Å². The molecule has 8 heterocycles. The number of nitrogens with one attached hydrogen (secondary N) is 4. The fourth-order valence-electron chi connectivity index (χ4n) is 7.91. The number of phosphoric ester groups is 3. The summed E-state index contributed by atoms with van der Waals surface area (Å²) in [7, 11) is -13.0. The molecular weight excluding hydrogens is 1040 g/mol. The lowest BCUT2D eigenvalue weighted by atomic mass is 10.1. The Morgan fingerprint density at radius 3 is 1.85 bits per heavy atom.